The topological polar surface area (TPSA) is 156 Å². The summed E-state index contributed by atoms with van der Waals surface area (Å²) < 4.78 is 29.5. The Morgan fingerprint density at radius 3 is 2.29 bits per heavy atom. The predicted molar refractivity (Wildman–Crippen MR) is 126 cm³/mol. The van der Waals surface area contributed by atoms with Crippen LogP contribution in [0.15, 0.2) is 71.6 Å². The zero-order valence-corrected chi connectivity index (χ0v) is 19.1. The van der Waals surface area contributed by atoms with Gasteiger partial charge < -0.3 is 10.5 Å². The lowest BCUT2D eigenvalue weighted by Gasteiger charge is -2.06. The number of nitrogens with zero attached hydrogens (tertiary/aromatic N) is 4. The summed E-state index contributed by atoms with van der Waals surface area (Å²) >= 11 is 0. The van der Waals surface area contributed by atoms with E-state index in [1.54, 1.807) is 25.1 Å². The molecule has 0 radical (unpaired) electrons. The van der Waals surface area contributed by atoms with Crippen LogP contribution in [0.2, 0.25) is 0 Å². The maximum absolute atomic E-state index is 11.9. The Labute approximate surface area is 196 Å². The van der Waals surface area contributed by atoms with E-state index < -0.39 is 16.0 Å². The normalized spacial score (nSPS) is 11.4. The number of carbonyl (C=O) groups excluding carboxylic acids is 1. The van der Waals surface area contributed by atoms with E-state index in [9.17, 15) is 13.2 Å². The molecule has 2 aromatic carbocycles. The highest BCUT2D eigenvalue weighted by molar-refractivity contribution is 7.89. The fourth-order valence-electron chi connectivity index (χ4n) is 3.39. The number of aromatic nitrogens is 4. The molecule has 174 valence electrons. The van der Waals surface area contributed by atoms with Gasteiger partial charge >= 0.3 is 5.97 Å². The van der Waals surface area contributed by atoms with Gasteiger partial charge in [-0.1, -0.05) is 42.5 Å². The van der Waals surface area contributed by atoms with Crippen LogP contribution in [0, 0.1) is 0 Å². The van der Waals surface area contributed by atoms with Gasteiger partial charge in [0.05, 0.1) is 17.2 Å². The minimum Gasteiger partial charge on any atom is -0.461 e. The van der Waals surface area contributed by atoms with Crippen LogP contribution in [0.5, 0.6) is 0 Å². The highest BCUT2D eigenvalue weighted by Gasteiger charge is 2.20. The van der Waals surface area contributed by atoms with Gasteiger partial charge in [0.2, 0.25) is 10.0 Å². The first-order chi connectivity index (χ1) is 16.3. The maximum Gasteiger partial charge on any atom is 0.358 e. The maximum atomic E-state index is 11.9. The molecule has 0 unspecified atom stereocenters. The quantitative estimate of drug-likeness (QED) is 0.383. The molecule has 4 rings (SSSR count). The molecule has 34 heavy (non-hydrogen) atoms. The molecule has 2 heterocycles. The standard InChI is InChI=1S/C23H22N6O4S/c1-2-33-23(30)19-12-13-20(27-26-19)29-22(24)18(21(28-29)16-6-4-3-5-7-16)14-15-8-10-17(11-9-15)34(25,31)32/h3-13H,2,14,24H2,1H3,(H2,25,31,32). The third-order valence-electron chi connectivity index (χ3n) is 5.06. The highest BCUT2D eigenvalue weighted by Crippen LogP contribution is 2.31. The zero-order valence-electron chi connectivity index (χ0n) is 18.2. The summed E-state index contributed by atoms with van der Waals surface area (Å²) in [4.78, 5) is 11.9. The molecule has 0 saturated carbocycles. The molecule has 11 heteroatoms. The minimum absolute atomic E-state index is 0.0279. The SMILES string of the molecule is CCOC(=O)c1ccc(-n2nc(-c3ccccc3)c(Cc3ccc(S(N)(=O)=O)cc3)c2N)nn1. The number of nitrogen functional groups attached to an aromatic ring is 1. The fraction of sp³-hybridized carbons (Fsp3) is 0.130. The van der Waals surface area contributed by atoms with Crippen LogP contribution in [0.3, 0.4) is 0 Å². The molecular weight excluding hydrogens is 456 g/mol. The van der Waals surface area contributed by atoms with Crippen LogP contribution in [0.4, 0.5) is 5.82 Å². The smallest absolute Gasteiger partial charge is 0.358 e. The minimum atomic E-state index is -3.79. The molecule has 0 aliphatic carbocycles. The Morgan fingerprint density at radius 1 is 1.00 bits per heavy atom. The lowest BCUT2D eigenvalue weighted by Crippen LogP contribution is -2.12. The van der Waals surface area contributed by atoms with Gasteiger partial charge in [-0.05, 0) is 36.8 Å². The molecule has 4 aromatic rings. The monoisotopic (exact) mass is 478 g/mol. The molecule has 0 spiro atoms. The molecule has 0 aliphatic rings. The van der Waals surface area contributed by atoms with E-state index in [0.717, 1.165) is 16.7 Å². The Kier molecular flexibility index (Phi) is 6.39. The van der Waals surface area contributed by atoms with E-state index in [1.807, 2.05) is 30.3 Å². The van der Waals surface area contributed by atoms with Gasteiger partial charge in [-0.3, -0.25) is 0 Å². The molecule has 0 saturated heterocycles. The van der Waals surface area contributed by atoms with Crippen molar-refractivity contribution in [3.63, 3.8) is 0 Å². The number of anilines is 1. The van der Waals surface area contributed by atoms with Gasteiger partial charge in [0.15, 0.2) is 11.5 Å². The first-order valence-corrected chi connectivity index (χ1v) is 11.9. The molecular formula is C23H22N6O4S. The summed E-state index contributed by atoms with van der Waals surface area (Å²) in [5, 5.41) is 17.9. The predicted octanol–water partition coefficient (Wildman–Crippen LogP) is 2.33. The average Bonchev–Trinajstić information content (AvgIpc) is 3.15. The van der Waals surface area contributed by atoms with Crippen LogP contribution in [-0.4, -0.2) is 41.0 Å². The number of sulfonamides is 1. The average molecular weight is 479 g/mol. The number of ether oxygens (including phenoxy) is 1. The number of nitrogens with two attached hydrogens (primary N) is 2. The second-order valence-corrected chi connectivity index (χ2v) is 8.91. The summed E-state index contributed by atoms with van der Waals surface area (Å²) in [5.41, 5.74) is 9.61. The molecule has 0 atom stereocenters. The van der Waals surface area contributed by atoms with Gasteiger partial charge in [-0.15, -0.1) is 10.2 Å². The number of rotatable bonds is 7. The Bertz CT molecular complexity index is 1420. The third kappa shape index (κ3) is 4.80. The van der Waals surface area contributed by atoms with E-state index >= 15 is 0 Å². The van der Waals surface area contributed by atoms with Crippen molar-refractivity contribution in [1.82, 2.24) is 20.0 Å². The number of hydrogen-bond donors (Lipinski definition) is 2. The lowest BCUT2D eigenvalue weighted by atomic mass is 10.0. The van der Waals surface area contributed by atoms with Gasteiger partial charge in [0.25, 0.3) is 0 Å². The second-order valence-electron chi connectivity index (χ2n) is 7.35. The second kappa shape index (κ2) is 9.41. The van der Waals surface area contributed by atoms with Crippen LogP contribution in [-0.2, 0) is 21.2 Å². The highest BCUT2D eigenvalue weighted by atomic mass is 32.2. The number of hydrogen-bond acceptors (Lipinski definition) is 8. The molecule has 0 fully saturated rings. The van der Waals surface area contributed by atoms with E-state index in [0.29, 0.717) is 23.8 Å². The van der Waals surface area contributed by atoms with Gasteiger partial charge in [-0.25, -0.2) is 18.4 Å². The van der Waals surface area contributed by atoms with Gasteiger partial charge in [0.1, 0.15) is 5.82 Å². The van der Waals surface area contributed by atoms with E-state index in [4.69, 9.17) is 15.6 Å². The molecule has 0 aliphatic heterocycles. The summed E-state index contributed by atoms with van der Waals surface area (Å²) in [5.74, 6) is 0.106. The number of esters is 1. The summed E-state index contributed by atoms with van der Waals surface area (Å²) in [6.07, 6.45) is 0.384. The van der Waals surface area contributed by atoms with E-state index in [2.05, 4.69) is 15.3 Å². The first kappa shape index (κ1) is 23.1. The first-order valence-electron chi connectivity index (χ1n) is 10.3. The summed E-state index contributed by atoms with van der Waals surface area (Å²) in [6.45, 7) is 1.94. The molecule has 0 bridgehead atoms. The van der Waals surface area contributed by atoms with Gasteiger partial charge in [-0.2, -0.15) is 9.78 Å². The van der Waals surface area contributed by atoms with Crippen molar-refractivity contribution >= 4 is 21.8 Å². The number of benzene rings is 2. The Morgan fingerprint density at radius 2 is 1.71 bits per heavy atom. The van der Waals surface area contributed by atoms with Crippen molar-refractivity contribution in [2.75, 3.05) is 12.3 Å². The number of primary sulfonamides is 1. The zero-order chi connectivity index (χ0) is 24.3. The van der Waals surface area contributed by atoms with Crippen molar-refractivity contribution in [2.24, 2.45) is 5.14 Å². The lowest BCUT2D eigenvalue weighted by molar-refractivity contribution is 0.0518. The fourth-order valence-corrected chi connectivity index (χ4v) is 3.91. The van der Waals surface area contributed by atoms with Crippen LogP contribution in [0.25, 0.3) is 17.1 Å². The van der Waals surface area contributed by atoms with Gasteiger partial charge in [0, 0.05) is 17.5 Å². The number of carbonyl (C=O) groups is 1. The van der Waals surface area contributed by atoms with Crippen molar-refractivity contribution in [3.05, 3.63) is 83.6 Å². The largest absolute Gasteiger partial charge is 0.461 e. The molecule has 0 amide bonds. The van der Waals surface area contributed by atoms with E-state index in [1.165, 1.54) is 22.9 Å². The van der Waals surface area contributed by atoms with Crippen LogP contribution >= 0.6 is 0 Å². The summed E-state index contributed by atoms with van der Waals surface area (Å²) in [6, 6.07) is 18.8. The third-order valence-corrected chi connectivity index (χ3v) is 5.98. The molecule has 4 N–H and O–H groups in total. The van der Waals surface area contributed by atoms with Crippen LogP contribution < -0.4 is 10.9 Å². The Hall–Kier alpha value is -4.09. The Balaban J connectivity index is 1.75. The van der Waals surface area contributed by atoms with Crippen molar-refractivity contribution in [3.8, 4) is 17.1 Å². The summed E-state index contributed by atoms with van der Waals surface area (Å²) in [7, 11) is -3.79. The van der Waals surface area contributed by atoms with Crippen molar-refractivity contribution in [2.45, 2.75) is 18.2 Å². The van der Waals surface area contributed by atoms with Crippen LogP contribution in [0.1, 0.15) is 28.5 Å². The van der Waals surface area contributed by atoms with E-state index in [-0.39, 0.29) is 17.2 Å². The van der Waals surface area contributed by atoms with Crippen molar-refractivity contribution < 1.29 is 17.9 Å². The molecule has 10 nitrogen and oxygen atoms in total. The van der Waals surface area contributed by atoms with Crippen molar-refractivity contribution in [1.29, 1.82) is 0 Å². The molecule has 2 aromatic heterocycles.